The Morgan fingerprint density at radius 3 is 2.64 bits per heavy atom. The highest BCUT2D eigenvalue weighted by atomic mass is 19.4. The van der Waals surface area contributed by atoms with E-state index in [0.29, 0.717) is 17.9 Å². The molecule has 3 aromatic heterocycles. The molecule has 9 nitrogen and oxygen atoms in total. The maximum absolute atomic E-state index is 14.1. The summed E-state index contributed by atoms with van der Waals surface area (Å²) >= 11 is 0. The van der Waals surface area contributed by atoms with Crippen LogP contribution in [0.25, 0.3) is 33.2 Å². The van der Waals surface area contributed by atoms with Gasteiger partial charge in [-0.1, -0.05) is 12.1 Å². The van der Waals surface area contributed by atoms with E-state index in [9.17, 15) is 18.0 Å². The molecule has 168 valence electrons. The van der Waals surface area contributed by atoms with E-state index < -0.39 is 22.7 Å². The minimum atomic E-state index is -4.82. The van der Waals surface area contributed by atoms with Crippen molar-refractivity contribution in [1.29, 1.82) is 0 Å². The molecule has 0 aliphatic rings. The van der Waals surface area contributed by atoms with E-state index in [1.54, 1.807) is 6.07 Å². The van der Waals surface area contributed by atoms with E-state index in [1.165, 1.54) is 12.1 Å². The van der Waals surface area contributed by atoms with Gasteiger partial charge in [0, 0.05) is 29.1 Å². The highest BCUT2D eigenvalue weighted by Crippen LogP contribution is 2.39. The summed E-state index contributed by atoms with van der Waals surface area (Å²) in [4.78, 5) is 20.8. The van der Waals surface area contributed by atoms with Gasteiger partial charge in [0.1, 0.15) is 5.82 Å². The molecule has 3 heterocycles. The third kappa shape index (κ3) is 3.69. The summed E-state index contributed by atoms with van der Waals surface area (Å²) in [7, 11) is 0. The lowest BCUT2D eigenvalue weighted by molar-refractivity contribution is -0.135. The van der Waals surface area contributed by atoms with Crippen molar-refractivity contribution in [2.45, 2.75) is 12.6 Å². The largest absolute Gasteiger partial charge is 0.417 e. The lowest BCUT2D eigenvalue weighted by Gasteiger charge is -2.14. The first kappa shape index (κ1) is 20.7. The van der Waals surface area contributed by atoms with Crippen LogP contribution in [0.4, 0.5) is 24.8 Å². The number of benzene rings is 2. The Bertz CT molecular complexity index is 1530. The van der Waals surface area contributed by atoms with Gasteiger partial charge in [0.05, 0.1) is 22.0 Å². The summed E-state index contributed by atoms with van der Waals surface area (Å²) in [5.74, 6) is 0.526. The summed E-state index contributed by atoms with van der Waals surface area (Å²) in [5, 5.41) is 15.1. The standard InChI is InChI=1S/C21H17F3N8O/c22-21(23,24)17-12(5-6-14-16(17)20(33)32-30-14)18-26-10(7-8-25)9-15(27-18)28-19-11-3-1-2-4-13(11)29-31-19/h1-6,9H,7-8,25H2,(H2,30,32,33)(H2,26,27,28,29,31). The molecule has 0 saturated carbocycles. The van der Waals surface area contributed by atoms with Gasteiger partial charge in [-0.25, -0.2) is 9.97 Å². The Morgan fingerprint density at radius 2 is 1.85 bits per heavy atom. The van der Waals surface area contributed by atoms with Crippen LogP contribution in [0.5, 0.6) is 0 Å². The van der Waals surface area contributed by atoms with Crippen molar-refractivity contribution in [2.24, 2.45) is 5.73 Å². The number of nitrogens with two attached hydrogens (primary N) is 1. The van der Waals surface area contributed by atoms with Crippen molar-refractivity contribution < 1.29 is 13.2 Å². The molecule has 33 heavy (non-hydrogen) atoms. The third-order valence-corrected chi connectivity index (χ3v) is 5.16. The van der Waals surface area contributed by atoms with E-state index in [-0.39, 0.29) is 29.3 Å². The van der Waals surface area contributed by atoms with Crippen molar-refractivity contribution in [1.82, 2.24) is 30.4 Å². The van der Waals surface area contributed by atoms with Crippen LogP contribution < -0.4 is 16.6 Å². The number of nitrogens with zero attached hydrogens (tertiary/aromatic N) is 3. The first-order valence-electron chi connectivity index (χ1n) is 9.94. The predicted molar refractivity (Wildman–Crippen MR) is 117 cm³/mol. The van der Waals surface area contributed by atoms with E-state index in [1.807, 2.05) is 24.3 Å². The molecule has 0 unspecified atom stereocenters. The number of rotatable bonds is 5. The maximum atomic E-state index is 14.1. The fourth-order valence-corrected chi connectivity index (χ4v) is 3.75. The molecule has 0 radical (unpaired) electrons. The Morgan fingerprint density at radius 1 is 1.03 bits per heavy atom. The highest BCUT2D eigenvalue weighted by molar-refractivity contribution is 5.91. The molecule has 0 aliphatic heterocycles. The molecular weight excluding hydrogens is 437 g/mol. The van der Waals surface area contributed by atoms with Crippen molar-refractivity contribution in [3.63, 3.8) is 0 Å². The maximum Gasteiger partial charge on any atom is 0.417 e. The molecule has 5 aromatic rings. The quantitative estimate of drug-likeness (QED) is 0.275. The molecule has 0 amide bonds. The molecule has 0 saturated heterocycles. The van der Waals surface area contributed by atoms with Gasteiger partial charge in [-0.05, 0) is 30.8 Å². The van der Waals surface area contributed by atoms with Crippen molar-refractivity contribution >= 4 is 33.4 Å². The fraction of sp³-hybridized carbons (Fsp3) is 0.143. The highest BCUT2D eigenvalue weighted by Gasteiger charge is 2.38. The number of aromatic amines is 3. The van der Waals surface area contributed by atoms with Crippen LogP contribution in [0, 0.1) is 0 Å². The zero-order valence-corrected chi connectivity index (χ0v) is 16.9. The number of nitrogens with one attached hydrogen (secondary N) is 4. The Kier molecular flexibility index (Phi) is 4.86. The van der Waals surface area contributed by atoms with Crippen molar-refractivity contribution in [3.05, 3.63) is 64.1 Å². The number of hydrogen-bond donors (Lipinski definition) is 5. The van der Waals surface area contributed by atoms with Crippen LogP contribution in [-0.4, -0.2) is 36.9 Å². The Balaban J connectivity index is 1.69. The van der Waals surface area contributed by atoms with Gasteiger partial charge >= 0.3 is 6.18 Å². The van der Waals surface area contributed by atoms with Crippen molar-refractivity contribution in [3.8, 4) is 11.4 Å². The lowest BCUT2D eigenvalue weighted by Crippen LogP contribution is -2.14. The summed E-state index contributed by atoms with van der Waals surface area (Å²) in [6.07, 6.45) is -4.50. The van der Waals surface area contributed by atoms with E-state index >= 15 is 0 Å². The number of fused-ring (bicyclic) bond motifs is 2. The van der Waals surface area contributed by atoms with Gasteiger partial charge in [0.25, 0.3) is 5.56 Å². The number of H-pyrrole nitrogens is 3. The van der Waals surface area contributed by atoms with Gasteiger partial charge in [-0.15, -0.1) is 0 Å². The topological polar surface area (TPSA) is 141 Å². The second-order valence-electron chi connectivity index (χ2n) is 7.34. The molecule has 0 fully saturated rings. The fourth-order valence-electron chi connectivity index (χ4n) is 3.75. The first-order chi connectivity index (χ1) is 15.8. The zero-order valence-electron chi connectivity index (χ0n) is 16.9. The molecule has 2 aromatic carbocycles. The van der Waals surface area contributed by atoms with E-state index in [2.05, 4.69) is 35.7 Å². The smallest absolute Gasteiger partial charge is 0.330 e. The van der Waals surface area contributed by atoms with Crippen LogP contribution in [-0.2, 0) is 12.6 Å². The summed E-state index contributed by atoms with van der Waals surface area (Å²) < 4.78 is 42.2. The average Bonchev–Trinajstić information content (AvgIpc) is 3.36. The normalized spacial score (nSPS) is 12.0. The van der Waals surface area contributed by atoms with Crippen LogP contribution >= 0.6 is 0 Å². The van der Waals surface area contributed by atoms with Crippen LogP contribution in [0.15, 0.2) is 47.3 Å². The van der Waals surface area contributed by atoms with E-state index in [0.717, 1.165) is 10.9 Å². The van der Waals surface area contributed by atoms with Gasteiger partial charge in [-0.3, -0.25) is 20.1 Å². The molecule has 0 bridgehead atoms. The van der Waals surface area contributed by atoms with Gasteiger partial charge in [0.2, 0.25) is 0 Å². The Labute approximate surface area is 183 Å². The lowest BCUT2D eigenvalue weighted by atomic mass is 10.0. The second kappa shape index (κ2) is 7.74. The molecule has 12 heteroatoms. The van der Waals surface area contributed by atoms with Gasteiger partial charge in [-0.2, -0.15) is 18.3 Å². The molecule has 0 aliphatic carbocycles. The zero-order chi connectivity index (χ0) is 23.2. The minimum Gasteiger partial charge on any atom is -0.330 e. The van der Waals surface area contributed by atoms with Gasteiger partial charge in [0.15, 0.2) is 11.6 Å². The minimum absolute atomic E-state index is 0.0375. The number of anilines is 2. The first-order valence-corrected chi connectivity index (χ1v) is 9.94. The second-order valence-corrected chi connectivity index (χ2v) is 7.34. The van der Waals surface area contributed by atoms with Gasteiger partial charge < -0.3 is 11.1 Å². The average molecular weight is 454 g/mol. The molecule has 5 rings (SSSR count). The van der Waals surface area contributed by atoms with Crippen LogP contribution in [0.3, 0.4) is 0 Å². The number of para-hydroxylation sites is 1. The number of aromatic nitrogens is 6. The molecule has 6 N–H and O–H groups in total. The number of hydrogen-bond acceptors (Lipinski definition) is 6. The van der Waals surface area contributed by atoms with E-state index in [4.69, 9.17) is 5.73 Å². The Hall–Kier alpha value is -4.19. The SMILES string of the molecule is NCCc1cc(Nc2n[nH]c3ccccc23)nc(-c2ccc3[nH][nH]c(=O)c3c2C(F)(F)F)n1. The summed E-state index contributed by atoms with van der Waals surface area (Å²) in [6.45, 7) is 0.240. The van der Waals surface area contributed by atoms with Crippen molar-refractivity contribution in [2.75, 3.05) is 11.9 Å². The number of alkyl halides is 3. The molecular formula is C21H17F3N8O. The number of halogens is 3. The summed E-state index contributed by atoms with van der Waals surface area (Å²) in [5.41, 5.74) is 4.63. The molecule has 0 spiro atoms. The third-order valence-electron chi connectivity index (χ3n) is 5.16. The predicted octanol–water partition coefficient (Wildman–Crippen LogP) is 3.45. The van der Waals surface area contributed by atoms with Crippen LogP contribution in [0.1, 0.15) is 11.3 Å². The van der Waals surface area contributed by atoms with Crippen LogP contribution in [0.2, 0.25) is 0 Å². The summed E-state index contributed by atoms with van der Waals surface area (Å²) in [6, 6.07) is 11.6. The molecule has 0 atom stereocenters. The monoisotopic (exact) mass is 454 g/mol.